The zero-order valence-corrected chi connectivity index (χ0v) is 11.3. The smallest absolute Gasteiger partial charge is 0.197 e. The Hall–Kier alpha value is -2.21. The van der Waals surface area contributed by atoms with Gasteiger partial charge in [0, 0.05) is 22.8 Å². The number of nitrogens with zero attached hydrogens (tertiary/aromatic N) is 4. The normalized spacial score (nSPS) is 11.4. The molecule has 19 heavy (non-hydrogen) atoms. The molecular weight excluding hydrogens is 306 g/mol. The molecule has 0 atom stereocenters. The summed E-state index contributed by atoms with van der Waals surface area (Å²) in [7, 11) is 0. The van der Waals surface area contributed by atoms with E-state index in [1.54, 1.807) is 12.5 Å². The fourth-order valence-corrected chi connectivity index (χ4v) is 2.42. The third-order valence-corrected chi connectivity index (χ3v) is 3.43. The average Bonchev–Trinajstić information content (AvgIpc) is 3.03. The molecule has 0 amide bonds. The highest BCUT2D eigenvalue weighted by molar-refractivity contribution is 9.10. The van der Waals surface area contributed by atoms with Crippen LogP contribution in [0, 0.1) is 0 Å². The molecule has 0 saturated carbocycles. The van der Waals surface area contributed by atoms with Gasteiger partial charge in [0.25, 0.3) is 0 Å². The van der Waals surface area contributed by atoms with Gasteiger partial charge in [-0.1, -0.05) is 0 Å². The number of benzene rings is 1. The summed E-state index contributed by atoms with van der Waals surface area (Å²) < 4.78 is 2.63. The number of hydrogen-bond acceptors (Lipinski definition) is 3. The van der Waals surface area contributed by atoms with Gasteiger partial charge in [-0.05, 0) is 40.2 Å². The molecule has 0 unspecified atom stereocenters. The highest BCUT2D eigenvalue weighted by atomic mass is 79.9. The van der Waals surface area contributed by atoms with Crippen LogP contribution in [0.15, 0.2) is 47.6 Å². The van der Waals surface area contributed by atoms with Crippen molar-refractivity contribution in [2.75, 3.05) is 0 Å². The molecule has 3 heterocycles. The number of rotatable bonds is 1. The zero-order chi connectivity index (χ0) is 12.8. The molecule has 0 bridgehead atoms. The Morgan fingerprint density at radius 1 is 1.16 bits per heavy atom. The molecule has 0 spiro atoms. The van der Waals surface area contributed by atoms with E-state index in [1.807, 2.05) is 29.0 Å². The summed E-state index contributed by atoms with van der Waals surface area (Å²) >= 11 is 3.34. The van der Waals surface area contributed by atoms with Crippen LogP contribution < -0.4 is 0 Å². The van der Waals surface area contributed by atoms with E-state index in [-0.39, 0.29) is 0 Å². The summed E-state index contributed by atoms with van der Waals surface area (Å²) in [5, 5.41) is 1.15. The predicted molar refractivity (Wildman–Crippen MR) is 76.2 cm³/mol. The molecule has 6 heteroatoms. The lowest BCUT2D eigenvalue weighted by molar-refractivity contribution is 1.06. The summed E-state index contributed by atoms with van der Waals surface area (Å²) in [6.45, 7) is 0. The standard InChI is InChI=1S/C13H8BrN5/c14-11-6-16-12-13(18-11)19(7-17-12)9-1-2-10-8(5-9)3-4-15-10/h1-7,15H. The summed E-state index contributed by atoms with van der Waals surface area (Å²) in [5.41, 5.74) is 3.50. The van der Waals surface area contributed by atoms with Gasteiger partial charge in [0.15, 0.2) is 11.3 Å². The van der Waals surface area contributed by atoms with Crippen molar-refractivity contribution in [3.8, 4) is 5.69 Å². The third-order valence-electron chi connectivity index (χ3n) is 3.04. The Kier molecular flexibility index (Phi) is 2.19. The fourth-order valence-electron chi connectivity index (χ4n) is 2.15. The van der Waals surface area contributed by atoms with Gasteiger partial charge in [-0.3, -0.25) is 4.57 Å². The van der Waals surface area contributed by atoms with Crippen LogP contribution >= 0.6 is 15.9 Å². The first kappa shape index (κ1) is 10.7. The van der Waals surface area contributed by atoms with Crippen molar-refractivity contribution in [2.24, 2.45) is 0 Å². The molecule has 3 aromatic heterocycles. The molecule has 0 aliphatic rings. The topological polar surface area (TPSA) is 59.4 Å². The highest BCUT2D eigenvalue weighted by Gasteiger charge is 2.08. The van der Waals surface area contributed by atoms with Crippen LogP contribution in [0.5, 0.6) is 0 Å². The van der Waals surface area contributed by atoms with Gasteiger partial charge in [-0.25, -0.2) is 15.0 Å². The van der Waals surface area contributed by atoms with Crippen molar-refractivity contribution >= 4 is 38.1 Å². The summed E-state index contributed by atoms with van der Waals surface area (Å²) in [4.78, 5) is 16.1. The molecule has 0 fully saturated rings. The Morgan fingerprint density at radius 2 is 2.11 bits per heavy atom. The first-order chi connectivity index (χ1) is 9.31. The fraction of sp³-hybridized carbons (Fsp3) is 0. The molecule has 1 N–H and O–H groups in total. The second-order valence-electron chi connectivity index (χ2n) is 4.20. The molecular formula is C13H8BrN5. The van der Waals surface area contributed by atoms with E-state index in [9.17, 15) is 0 Å². The molecule has 1 aromatic carbocycles. The second kappa shape index (κ2) is 3.89. The zero-order valence-electron chi connectivity index (χ0n) is 9.71. The summed E-state index contributed by atoms with van der Waals surface area (Å²) in [6.07, 6.45) is 5.32. The van der Waals surface area contributed by atoms with E-state index in [1.165, 1.54) is 0 Å². The van der Waals surface area contributed by atoms with Gasteiger partial charge < -0.3 is 4.98 Å². The quantitative estimate of drug-likeness (QED) is 0.587. The van der Waals surface area contributed by atoms with Gasteiger partial charge in [-0.2, -0.15) is 0 Å². The molecule has 5 nitrogen and oxygen atoms in total. The van der Waals surface area contributed by atoms with Crippen molar-refractivity contribution < 1.29 is 0 Å². The molecule has 4 aromatic rings. The van der Waals surface area contributed by atoms with E-state index in [0.29, 0.717) is 10.3 Å². The van der Waals surface area contributed by atoms with Gasteiger partial charge >= 0.3 is 0 Å². The largest absolute Gasteiger partial charge is 0.361 e. The number of halogens is 1. The van der Waals surface area contributed by atoms with Gasteiger partial charge in [0.1, 0.15) is 10.9 Å². The van der Waals surface area contributed by atoms with Crippen molar-refractivity contribution in [1.29, 1.82) is 0 Å². The van der Waals surface area contributed by atoms with Crippen molar-refractivity contribution in [1.82, 2.24) is 24.5 Å². The lowest BCUT2D eigenvalue weighted by Gasteiger charge is -2.03. The lowest BCUT2D eigenvalue weighted by Crippen LogP contribution is -1.94. The minimum atomic E-state index is 0.636. The summed E-state index contributed by atoms with van der Waals surface area (Å²) in [5.74, 6) is 0. The van der Waals surface area contributed by atoms with Gasteiger partial charge in [0.2, 0.25) is 0 Å². The molecule has 92 valence electrons. The molecule has 0 saturated heterocycles. The number of aromatic nitrogens is 5. The number of hydrogen-bond donors (Lipinski definition) is 1. The minimum Gasteiger partial charge on any atom is -0.361 e. The van der Waals surface area contributed by atoms with Gasteiger partial charge in [-0.15, -0.1) is 0 Å². The van der Waals surface area contributed by atoms with Crippen LogP contribution in [0.3, 0.4) is 0 Å². The maximum atomic E-state index is 4.43. The van der Waals surface area contributed by atoms with E-state index < -0.39 is 0 Å². The van der Waals surface area contributed by atoms with Crippen LogP contribution in [0.2, 0.25) is 0 Å². The Labute approximate surface area is 116 Å². The number of nitrogens with one attached hydrogen (secondary N) is 1. The maximum absolute atomic E-state index is 4.43. The van der Waals surface area contributed by atoms with Gasteiger partial charge in [0.05, 0.1) is 6.20 Å². The predicted octanol–water partition coefficient (Wildman–Crippen LogP) is 3.06. The van der Waals surface area contributed by atoms with Crippen LogP contribution in [0.4, 0.5) is 0 Å². The Balaban J connectivity index is 2.00. The third kappa shape index (κ3) is 1.64. The van der Waals surface area contributed by atoms with E-state index >= 15 is 0 Å². The summed E-state index contributed by atoms with van der Waals surface area (Å²) in [6, 6.07) is 8.21. The first-order valence-corrected chi connectivity index (χ1v) is 6.54. The van der Waals surface area contributed by atoms with Crippen LogP contribution in [-0.4, -0.2) is 24.5 Å². The van der Waals surface area contributed by atoms with E-state index in [0.717, 1.165) is 22.2 Å². The van der Waals surface area contributed by atoms with E-state index in [4.69, 9.17) is 0 Å². The van der Waals surface area contributed by atoms with E-state index in [2.05, 4.69) is 41.9 Å². The minimum absolute atomic E-state index is 0.636. The number of fused-ring (bicyclic) bond motifs is 2. The molecule has 0 aliphatic carbocycles. The number of H-pyrrole nitrogens is 1. The molecule has 4 rings (SSSR count). The average molecular weight is 314 g/mol. The highest BCUT2D eigenvalue weighted by Crippen LogP contribution is 2.21. The molecule has 0 aliphatic heterocycles. The second-order valence-corrected chi connectivity index (χ2v) is 5.02. The van der Waals surface area contributed by atoms with Crippen molar-refractivity contribution in [3.05, 3.63) is 47.6 Å². The van der Waals surface area contributed by atoms with Crippen molar-refractivity contribution in [3.63, 3.8) is 0 Å². The number of imidazole rings is 1. The van der Waals surface area contributed by atoms with Crippen LogP contribution in [-0.2, 0) is 0 Å². The first-order valence-electron chi connectivity index (χ1n) is 5.74. The monoisotopic (exact) mass is 313 g/mol. The Morgan fingerprint density at radius 3 is 3.05 bits per heavy atom. The maximum Gasteiger partial charge on any atom is 0.197 e. The van der Waals surface area contributed by atoms with Crippen LogP contribution in [0.25, 0.3) is 27.9 Å². The SMILES string of the molecule is Brc1cnc2ncn(-c3ccc4[nH]ccc4c3)c2n1. The molecule has 0 radical (unpaired) electrons. The Bertz CT molecular complexity index is 892. The van der Waals surface area contributed by atoms with Crippen LogP contribution in [0.1, 0.15) is 0 Å². The lowest BCUT2D eigenvalue weighted by atomic mass is 10.2. The van der Waals surface area contributed by atoms with Crippen molar-refractivity contribution in [2.45, 2.75) is 0 Å². The number of aromatic amines is 1.